The Morgan fingerprint density at radius 2 is 1.84 bits per heavy atom. The van der Waals surface area contributed by atoms with Gasteiger partial charge in [-0.25, -0.2) is 0 Å². The zero-order valence-electron chi connectivity index (χ0n) is 11.2. The summed E-state index contributed by atoms with van der Waals surface area (Å²) in [5.41, 5.74) is 6.90. The maximum absolute atomic E-state index is 6.25. The number of hydrogen-bond acceptors (Lipinski definition) is 4. The van der Waals surface area contributed by atoms with E-state index in [1.165, 1.54) is 0 Å². The number of aromatic nitrogens is 2. The molecule has 0 radical (unpaired) electrons. The Labute approximate surface area is 121 Å². The lowest BCUT2D eigenvalue weighted by molar-refractivity contribution is 0.337. The quantitative estimate of drug-likeness (QED) is 0.915. The highest BCUT2D eigenvalue weighted by Crippen LogP contribution is 2.23. The van der Waals surface area contributed by atoms with Gasteiger partial charge in [-0.05, 0) is 30.5 Å². The van der Waals surface area contributed by atoms with Gasteiger partial charge in [0, 0.05) is 4.47 Å². The summed E-state index contributed by atoms with van der Waals surface area (Å²) in [6.07, 6.45) is 2.21. The molecule has 0 saturated carbocycles. The zero-order valence-corrected chi connectivity index (χ0v) is 12.8. The minimum atomic E-state index is -0.485. The summed E-state index contributed by atoms with van der Waals surface area (Å²) < 4.78 is 6.35. The molecule has 0 atom stereocenters. The summed E-state index contributed by atoms with van der Waals surface area (Å²) in [6, 6.07) is 8.06. The van der Waals surface area contributed by atoms with Crippen LogP contribution in [-0.2, 0) is 12.0 Å². The van der Waals surface area contributed by atoms with E-state index in [9.17, 15) is 0 Å². The fourth-order valence-corrected chi connectivity index (χ4v) is 2.14. The Kier molecular flexibility index (Phi) is 4.37. The molecule has 0 unspecified atom stereocenters. The van der Waals surface area contributed by atoms with Crippen molar-refractivity contribution in [2.75, 3.05) is 0 Å². The van der Waals surface area contributed by atoms with Gasteiger partial charge in [0.2, 0.25) is 5.89 Å². The lowest BCUT2D eigenvalue weighted by Crippen LogP contribution is -2.36. The fraction of sp³-hybridized carbons (Fsp3) is 0.429. The van der Waals surface area contributed by atoms with Crippen LogP contribution < -0.4 is 5.73 Å². The number of rotatable bonds is 5. The molecule has 0 bridgehead atoms. The third-order valence-electron chi connectivity index (χ3n) is 3.44. The average molecular weight is 324 g/mol. The molecule has 2 rings (SSSR count). The first kappa shape index (κ1) is 14.2. The van der Waals surface area contributed by atoms with Crippen molar-refractivity contribution in [1.29, 1.82) is 0 Å². The Balaban J connectivity index is 2.15. The van der Waals surface area contributed by atoms with Crippen LogP contribution in [0.5, 0.6) is 0 Å². The monoisotopic (exact) mass is 323 g/mol. The molecule has 0 aliphatic rings. The molecule has 1 aromatic carbocycles. The zero-order chi connectivity index (χ0) is 13.9. The molecule has 0 aliphatic carbocycles. The predicted molar refractivity (Wildman–Crippen MR) is 77.7 cm³/mol. The van der Waals surface area contributed by atoms with E-state index in [2.05, 4.69) is 26.1 Å². The molecule has 102 valence electrons. The van der Waals surface area contributed by atoms with Crippen LogP contribution in [0.2, 0.25) is 0 Å². The molecule has 2 aromatic rings. The van der Waals surface area contributed by atoms with Gasteiger partial charge in [-0.3, -0.25) is 0 Å². The SMILES string of the molecule is CCC(N)(CC)c1noc(Cc2ccc(Br)cc2)n1. The van der Waals surface area contributed by atoms with Crippen molar-refractivity contribution < 1.29 is 4.52 Å². The average Bonchev–Trinajstić information content (AvgIpc) is 2.89. The summed E-state index contributed by atoms with van der Waals surface area (Å²) in [6.45, 7) is 4.07. The van der Waals surface area contributed by atoms with Gasteiger partial charge in [-0.2, -0.15) is 4.98 Å². The van der Waals surface area contributed by atoms with Crippen LogP contribution in [0.25, 0.3) is 0 Å². The summed E-state index contributed by atoms with van der Waals surface area (Å²) in [5, 5.41) is 4.02. The van der Waals surface area contributed by atoms with E-state index in [0.29, 0.717) is 18.1 Å². The topological polar surface area (TPSA) is 64.9 Å². The number of benzene rings is 1. The molecule has 0 saturated heterocycles. The second-order valence-corrected chi connectivity index (χ2v) is 5.59. The van der Waals surface area contributed by atoms with Gasteiger partial charge < -0.3 is 10.3 Å². The van der Waals surface area contributed by atoms with Crippen LogP contribution in [0.3, 0.4) is 0 Å². The lowest BCUT2D eigenvalue weighted by atomic mass is 9.93. The Morgan fingerprint density at radius 3 is 2.42 bits per heavy atom. The van der Waals surface area contributed by atoms with Crippen LogP contribution in [0.1, 0.15) is 44.0 Å². The van der Waals surface area contributed by atoms with E-state index in [1.54, 1.807) is 0 Å². The van der Waals surface area contributed by atoms with Crippen molar-refractivity contribution in [3.8, 4) is 0 Å². The maximum Gasteiger partial charge on any atom is 0.231 e. The molecule has 4 nitrogen and oxygen atoms in total. The maximum atomic E-state index is 6.25. The normalized spacial score (nSPS) is 11.8. The first-order valence-electron chi connectivity index (χ1n) is 6.43. The van der Waals surface area contributed by atoms with Gasteiger partial charge in [-0.15, -0.1) is 0 Å². The Morgan fingerprint density at radius 1 is 1.21 bits per heavy atom. The van der Waals surface area contributed by atoms with E-state index >= 15 is 0 Å². The minimum Gasteiger partial charge on any atom is -0.339 e. The van der Waals surface area contributed by atoms with Crippen LogP contribution in [0.15, 0.2) is 33.3 Å². The molecule has 5 heteroatoms. The van der Waals surface area contributed by atoms with Crippen LogP contribution in [0, 0.1) is 0 Å². The highest BCUT2D eigenvalue weighted by molar-refractivity contribution is 9.10. The van der Waals surface area contributed by atoms with E-state index in [1.807, 2.05) is 38.1 Å². The number of halogens is 1. The van der Waals surface area contributed by atoms with Crippen molar-refractivity contribution in [2.24, 2.45) is 5.73 Å². The molecular weight excluding hydrogens is 306 g/mol. The van der Waals surface area contributed by atoms with Crippen molar-refractivity contribution >= 4 is 15.9 Å². The molecular formula is C14H18BrN3O. The molecule has 1 heterocycles. The largest absolute Gasteiger partial charge is 0.339 e. The standard InChI is InChI=1S/C14H18BrN3O/c1-3-14(16,4-2)13-17-12(19-18-13)9-10-5-7-11(15)8-6-10/h5-8H,3-4,9,16H2,1-2H3. The highest BCUT2D eigenvalue weighted by atomic mass is 79.9. The second-order valence-electron chi connectivity index (χ2n) is 4.68. The van der Waals surface area contributed by atoms with Crippen molar-refractivity contribution in [3.05, 3.63) is 46.0 Å². The third-order valence-corrected chi connectivity index (χ3v) is 3.97. The predicted octanol–water partition coefficient (Wildman–Crippen LogP) is 3.40. The number of nitrogens with zero attached hydrogens (tertiary/aromatic N) is 2. The smallest absolute Gasteiger partial charge is 0.231 e. The number of nitrogens with two attached hydrogens (primary N) is 1. The van der Waals surface area contributed by atoms with Gasteiger partial charge in [-0.1, -0.05) is 47.1 Å². The third kappa shape index (κ3) is 3.22. The molecule has 2 N–H and O–H groups in total. The van der Waals surface area contributed by atoms with Crippen molar-refractivity contribution in [3.63, 3.8) is 0 Å². The molecule has 0 spiro atoms. The van der Waals surface area contributed by atoms with E-state index in [-0.39, 0.29) is 0 Å². The lowest BCUT2D eigenvalue weighted by Gasteiger charge is -2.21. The van der Waals surface area contributed by atoms with Gasteiger partial charge in [0.25, 0.3) is 0 Å². The summed E-state index contributed by atoms with van der Waals surface area (Å²) in [5.74, 6) is 1.21. The highest BCUT2D eigenvalue weighted by Gasteiger charge is 2.28. The van der Waals surface area contributed by atoms with Gasteiger partial charge >= 0.3 is 0 Å². The number of hydrogen-bond donors (Lipinski definition) is 1. The van der Waals surface area contributed by atoms with Crippen molar-refractivity contribution in [1.82, 2.24) is 10.1 Å². The van der Waals surface area contributed by atoms with Gasteiger partial charge in [0.15, 0.2) is 5.82 Å². The minimum absolute atomic E-state index is 0.485. The van der Waals surface area contributed by atoms with E-state index < -0.39 is 5.54 Å². The Hall–Kier alpha value is -1.20. The van der Waals surface area contributed by atoms with E-state index in [4.69, 9.17) is 10.3 Å². The molecule has 0 aliphatic heterocycles. The fourth-order valence-electron chi connectivity index (χ4n) is 1.87. The summed E-state index contributed by atoms with van der Waals surface area (Å²) in [4.78, 5) is 4.43. The van der Waals surface area contributed by atoms with Gasteiger partial charge in [0.05, 0.1) is 12.0 Å². The van der Waals surface area contributed by atoms with Crippen LogP contribution >= 0.6 is 15.9 Å². The summed E-state index contributed by atoms with van der Waals surface area (Å²) in [7, 11) is 0. The Bertz CT molecular complexity index is 532. The van der Waals surface area contributed by atoms with Crippen LogP contribution in [0.4, 0.5) is 0 Å². The van der Waals surface area contributed by atoms with Crippen LogP contribution in [-0.4, -0.2) is 10.1 Å². The van der Waals surface area contributed by atoms with Gasteiger partial charge in [0.1, 0.15) is 0 Å². The first-order valence-corrected chi connectivity index (χ1v) is 7.23. The molecule has 0 fully saturated rings. The van der Waals surface area contributed by atoms with Crippen molar-refractivity contribution in [2.45, 2.75) is 38.6 Å². The van der Waals surface area contributed by atoms with E-state index in [0.717, 1.165) is 22.9 Å². The second kappa shape index (κ2) is 5.84. The molecule has 19 heavy (non-hydrogen) atoms. The molecule has 0 amide bonds. The summed E-state index contributed by atoms with van der Waals surface area (Å²) >= 11 is 3.41. The first-order chi connectivity index (χ1) is 9.07. The molecule has 1 aromatic heterocycles.